The van der Waals surface area contributed by atoms with Gasteiger partial charge in [0.05, 0.1) is 20.8 Å². The van der Waals surface area contributed by atoms with Gasteiger partial charge < -0.3 is 18.7 Å². The number of carbonyl (C=O) groups is 1. The number of methoxy groups -OCH3 is 2. The van der Waals surface area contributed by atoms with Crippen molar-refractivity contribution < 1.29 is 23.5 Å². The van der Waals surface area contributed by atoms with Crippen LogP contribution in [0.25, 0.3) is 28.4 Å². The molecule has 0 N–H and O–H groups in total. The summed E-state index contributed by atoms with van der Waals surface area (Å²) < 4.78 is 21.2. The second-order valence-corrected chi connectivity index (χ2v) is 7.06. The summed E-state index contributed by atoms with van der Waals surface area (Å²) >= 11 is 0. The van der Waals surface area contributed by atoms with Gasteiger partial charge in [-0.3, -0.25) is 4.79 Å². The van der Waals surface area contributed by atoms with Crippen molar-refractivity contribution >= 4 is 11.5 Å². The molecule has 1 aliphatic carbocycles. The molecule has 0 atom stereocenters. The number of fused-ring (bicyclic) bond motifs is 1. The van der Waals surface area contributed by atoms with Crippen LogP contribution in [0.5, 0.6) is 11.5 Å². The minimum Gasteiger partial charge on any atom is -0.493 e. The van der Waals surface area contributed by atoms with Gasteiger partial charge in [0.2, 0.25) is 5.82 Å². The fraction of sp³-hybridized carbons (Fsp3) is 0.292. The summed E-state index contributed by atoms with van der Waals surface area (Å²) in [5.41, 5.74) is 5.08. The van der Waals surface area contributed by atoms with Crippen molar-refractivity contribution in [2.45, 2.75) is 26.2 Å². The first kappa shape index (κ1) is 20.7. The Morgan fingerprint density at radius 2 is 1.90 bits per heavy atom. The molecule has 0 aliphatic heterocycles. The number of carbonyl (C=O) groups excluding carboxylic acids is 1. The van der Waals surface area contributed by atoms with Crippen molar-refractivity contribution in [1.29, 1.82) is 0 Å². The zero-order valence-corrected chi connectivity index (χ0v) is 17.8. The number of rotatable bonds is 8. The number of esters is 1. The van der Waals surface area contributed by atoms with E-state index < -0.39 is 0 Å². The molecule has 0 saturated heterocycles. The lowest BCUT2D eigenvalue weighted by atomic mass is 9.98. The van der Waals surface area contributed by atoms with E-state index >= 15 is 0 Å². The first-order chi connectivity index (χ1) is 15.1. The van der Waals surface area contributed by atoms with Gasteiger partial charge in [-0.25, -0.2) is 0 Å². The monoisotopic (exact) mass is 420 g/mol. The van der Waals surface area contributed by atoms with Crippen LogP contribution in [0.3, 0.4) is 0 Å². The quantitative estimate of drug-likeness (QED) is 0.488. The number of allylic oxidation sites excluding steroid dienone is 2. The number of hydrogen-bond donors (Lipinski definition) is 0. The van der Waals surface area contributed by atoms with Gasteiger partial charge in [0.1, 0.15) is 0 Å². The van der Waals surface area contributed by atoms with Gasteiger partial charge in [-0.1, -0.05) is 29.4 Å². The highest BCUT2D eigenvalue weighted by Gasteiger charge is 2.22. The van der Waals surface area contributed by atoms with Crippen LogP contribution in [0.1, 0.15) is 30.9 Å². The second kappa shape index (κ2) is 9.04. The maximum Gasteiger partial charge on any atom is 0.306 e. The van der Waals surface area contributed by atoms with Crippen LogP contribution >= 0.6 is 0 Å². The Bertz CT molecular complexity index is 1130. The molecule has 160 valence electrons. The second-order valence-electron chi connectivity index (χ2n) is 7.06. The highest BCUT2D eigenvalue weighted by molar-refractivity contribution is 5.82. The van der Waals surface area contributed by atoms with Gasteiger partial charge in [0.15, 0.2) is 11.5 Å². The molecule has 2 aromatic carbocycles. The standard InChI is InChI=1S/C24H24N2O5/c1-4-30-22(27)13-10-15-8-11-18-17(15)6-5-7-19(18)23-25-24(31-26-23)16-9-12-20(28-2)21(14-16)29-3/h5-9,12,14H,4,10-11,13H2,1-3H3. The molecule has 0 spiro atoms. The summed E-state index contributed by atoms with van der Waals surface area (Å²) in [5.74, 6) is 1.98. The molecule has 0 saturated carbocycles. The van der Waals surface area contributed by atoms with Crippen molar-refractivity contribution in [1.82, 2.24) is 10.1 Å². The zero-order chi connectivity index (χ0) is 21.8. The Kier molecular flexibility index (Phi) is 6.02. The molecule has 0 fully saturated rings. The molecule has 7 nitrogen and oxygen atoms in total. The molecule has 1 aliphatic rings. The van der Waals surface area contributed by atoms with E-state index in [0.717, 1.165) is 34.2 Å². The van der Waals surface area contributed by atoms with Crippen LogP contribution in [0.15, 0.2) is 47.0 Å². The van der Waals surface area contributed by atoms with Crippen molar-refractivity contribution in [2.24, 2.45) is 0 Å². The highest BCUT2D eigenvalue weighted by Crippen LogP contribution is 2.37. The van der Waals surface area contributed by atoms with E-state index in [1.165, 1.54) is 0 Å². The number of benzene rings is 2. The summed E-state index contributed by atoms with van der Waals surface area (Å²) in [5, 5.41) is 4.21. The van der Waals surface area contributed by atoms with Gasteiger partial charge in [0, 0.05) is 17.5 Å². The summed E-state index contributed by atoms with van der Waals surface area (Å²) in [4.78, 5) is 16.3. The van der Waals surface area contributed by atoms with Gasteiger partial charge in [0.25, 0.3) is 5.89 Å². The number of hydrogen-bond acceptors (Lipinski definition) is 7. The van der Waals surface area contributed by atoms with Crippen LogP contribution in [0.4, 0.5) is 0 Å². The van der Waals surface area contributed by atoms with E-state index in [1.807, 2.05) is 25.1 Å². The van der Waals surface area contributed by atoms with Crippen LogP contribution in [-0.4, -0.2) is 36.9 Å². The Labute approximate surface area is 180 Å². The van der Waals surface area contributed by atoms with E-state index in [-0.39, 0.29) is 5.97 Å². The molecule has 0 bridgehead atoms. The van der Waals surface area contributed by atoms with Crippen molar-refractivity contribution in [3.05, 3.63) is 53.6 Å². The maximum absolute atomic E-state index is 11.7. The van der Waals surface area contributed by atoms with E-state index in [0.29, 0.717) is 42.7 Å². The number of ether oxygens (including phenoxy) is 3. The highest BCUT2D eigenvalue weighted by atomic mass is 16.5. The number of aromatic nitrogens is 2. The normalized spacial score (nSPS) is 12.3. The molecule has 3 aromatic rings. The summed E-state index contributed by atoms with van der Waals surface area (Å²) in [6, 6.07) is 11.5. The summed E-state index contributed by atoms with van der Waals surface area (Å²) in [6.45, 7) is 2.22. The Hall–Kier alpha value is -3.61. The predicted octanol–water partition coefficient (Wildman–Crippen LogP) is 4.70. The van der Waals surface area contributed by atoms with Crippen molar-refractivity contribution in [3.8, 4) is 34.3 Å². The SMILES string of the molecule is CCOC(=O)CCC1=CCc2c1cccc2-c1noc(-c2ccc(OC)c(OC)c2)n1. The van der Waals surface area contributed by atoms with Crippen LogP contribution in [-0.2, 0) is 16.0 Å². The Balaban J connectivity index is 1.58. The molecule has 7 heteroatoms. The largest absolute Gasteiger partial charge is 0.493 e. The molecule has 0 amide bonds. The summed E-state index contributed by atoms with van der Waals surface area (Å²) in [7, 11) is 3.17. The fourth-order valence-electron chi connectivity index (χ4n) is 3.78. The fourth-order valence-corrected chi connectivity index (χ4v) is 3.78. The van der Waals surface area contributed by atoms with Crippen LogP contribution < -0.4 is 9.47 Å². The van der Waals surface area contributed by atoms with E-state index in [4.69, 9.17) is 18.7 Å². The maximum atomic E-state index is 11.7. The lowest BCUT2D eigenvalue weighted by Crippen LogP contribution is -2.03. The van der Waals surface area contributed by atoms with Crippen LogP contribution in [0, 0.1) is 0 Å². The molecule has 1 aromatic heterocycles. The average molecular weight is 420 g/mol. The smallest absolute Gasteiger partial charge is 0.306 e. The lowest BCUT2D eigenvalue weighted by molar-refractivity contribution is -0.142. The van der Waals surface area contributed by atoms with Crippen LogP contribution in [0.2, 0.25) is 0 Å². The summed E-state index contributed by atoms with van der Waals surface area (Å²) in [6.07, 6.45) is 3.94. The van der Waals surface area contributed by atoms with Gasteiger partial charge >= 0.3 is 5.97 Å². The van der Waals surface area contributed by atoms with Gasteiger partial charge in [-0.15, -0.1) is 0 Å². The van der Waals surface area contributed by atoms with Crippen molar-refractivity contribution in [3.63, 3.8) is 0 Å². The average Bonchev–Trinajstić information content (AvgIpc) is 3.45. The minimum atomic E-state index is -0.175. The third-order valence-electron chi connectivity index (χ3n) is 5.28. The van der Waals surface area contributed by atoms with E-state index in [1.54, 1.807) is 26.4 Å². The topological polar surface area (TPSA) is 83.7 Å². The van der Waals surface area contributed by atoms with Crippen molar-refractivity contribution in [2.75, 3.05) is 20.8 Å². The van der Waals surface area contributed by atoms with Gasteiger partial charge in [-0.2, -0.15) is 4.98 Å². The zero-order valence-electron chi connectivity index (χ0n) is 17.8. The minimum absolute atomic E-state index is 0.175. The predicted molar refractivity (Wildman–Crippen MR) is 116 cm³/mol. The lowest BCUT2D eigenvalue weighted by Gasteiger charge is -2.08. The molecule has 1 heterocycles. The first-order valence-corrected chi connectivity index (χ1v) is 10.2. The van der Waals surface area contributed by atoms with E-state index in [9.17, 15) is 4.79 Å². The van der Waals surface area contributed by atoms with Gasteiger partial charge in [-0.05, 0) is 54.7 Å². The first-order valence-electron chi connectivity index (χ1n) is 10.2. The molecule has 31 heavy (non-hydrogen) atoms. The molecular formula is C24H24N2O5. The number of nitrogens with zero attached hydrogens (tertiary/aromatic N) is 2. The molecule has 4 rings (SSSR count). The Morgan fingerprint density at radius 3 is 2.68 bits per heavy atom. The van der Waals surface area contributed by atoms with E-state index in [2.05, 4.69) is 22.3 Å². The third-order valence-corrected chi connectivity index (χ3v) is 5.28. The third kappa shape index (κ3) is 4.17. The Morgan fingerprint density at radius 1 is 1.10 bits per heavy atom. The molecule has 0 radical (unpaired) electrons. The molecule has 0 unspecified atom stereocenters. The molecular weight excluding hydrogens is 396 g/mol.